The highest BCUT2D eigenvalue weighted by Crippen LogP contribution is 2.10. The number of carbonyl (C=O) groups is 3. The number of anilines is 1. The molecule has 6 heteroatoms. The SMILES string of the molecule is CCCCCNC(=O)CNC(=O)CCc1ccc(NC(C)=O)cc1. The quantitative estimate of drug-likeness (QED) is 0.572. The van der Waals surface area contributed by atoms with Crippen LogP contribution in [0.15, 0.2) is 24.3 Å². The number of amides is 3. The lowest BCUT2D eigenvalue weighted by Gasteiger charge is -2.07. The van der Waals surface area contributed by atoms with E-state index in [-0.39, 0.29) is 24.3 Å². The van der Waals surface area contributed by atoms with Crippen molar-refractivity contribution in [2.24, 2.45) is 0 Å². The van der Waals surface area contributed by atoms with Crippen molar-refractivity contribution in [2.45, 2.75) is 46.0 Å². The van der Waals surface area contributed by atoms with Crippen molar-refractivity contribution < 1.29 is 14.4 Å². The highest BCUT2D eigenvalue weighted by molar-refractivity contribution is 5.88. The van der Waals surface area contributed by atoms with E-state index < -0.39 is 0 Å². The van der Waals surface area contributed by atoms with Crippen molar-refractivity contribution >= 4 is 23.4 Å². The molecule has 0 aliphatic rings. The second kappa shape index (κ2) is 11.2. The fourth-order valence-corrected chi connectivity index (χ4v) is 2.15. The molecule has 3 amide bonds. The molecular weight excluding hydrogens is 306 g/mol. The van der Waals surface area contributed by atoms with Crippen LogP contribution in [0.25, 0.3) is 0 Å². The molecule has 0 fully saturated rings. The van der Waals surface area contributed by atoms with E-state index in [1.165, 1.54) is 6.92 Å². The van der Waals surface area contributed by atoms with Gasteiger partial charge in [-0.05, 0) is 30.5 Å². The van der Waals surface area contributed by atoms with Crippen LogP contribution in [0.2, 0.25) is 0 Å². The van der Waals surface area contributed by atoms with E-state index in [9.17, 15) is 14.4 Å². The minimum atomic E-state index is -0.154. The van der Waals surface area contributed by atoms with Gasteiger partial charge < -0.3 is 16.0 Å². The average molecular weight is 333 g/mol. The molecule has 0 heterocycles. The van der Waals surface area contributed by atoms with Crippen molar-refractivity contribution in [1.29, 1.82) is 0 Å². The molecule has 0 saturated heterocycles. The largest absolute Gasteiger partial charge is 0.355 e. The van der Waals surface area contributed by atoms with E-state index in [0.29, 0.717) is 19.4 Å². The van der Waals surface area contributed by atoms with Gasteiger partial charge in [0, 0.05) is 25.6 Å². The summed E-state index contributed by atoms with van der Waals surface area (Å²) >= 11 is 0. The summed E-state index contributed by atoms with van der Waals surface area (Å²) in [5, 5.41) is 8.09. The molecule has 0 saturated carbocycles. The maximum absolute atomic E-state index is 11.8. The van der Waals surface area contributed by atoms with Crippen molar-refractivity contribution in [3.8, 4) is 0 Å². The minimum absolute atomic E-state index is 0.0203. The molecule has 1 rings (SSSR count). The third-order valence-electron chi connectivity index (χ3n) is 3.46. The van der Waals surface area contributed by atoms with Crippen molar-refractivity contribution in [1.82, 2.24) is 10.6 Å². The Balaban J connectivity index is 2.21. The lowest BCUT2D eigenvalue weighted by atomic mass is 10.1. The molecule has 3 N–H and O–H groups in total. The predicted molar refractivity (Wildman–Crippen MR) is 94.6 cm³/mol. The fourth-order valence-electron chi connectivity index (χ4n) is 2.15. The van der Waals surface area contributed by atoms with Gasteiger partial charge in [-0.15, -0.1) is 0 Å². The second-order valence-electron chi connectivity index (χ2n) is 5.71. The van der Waals surface area contributed by atoms with Gasteiger partial charge in [-0.2, -0.15) is 0 Å². The van der Waals surface area contributed by atoms with Gasteiger partial charge in [0.2, 0.25) is 17.7 Å². The third kappa shape index (κ3) is 8.92. The molecule has 1 aromatic carbocycles. The van der Waals surface area contributed by atoms with Crippen LogP contribution < -0.4 is 16.0 Å². The van der Waals surface area contributed by atoms with Crippen molar-refractivity contribution in [3.05, 3.63) is 29.8 Å². The first-order chi connectivity index (χ1) is 11.5. The molecule has 0 bridgehead atoms. The monoisotopic (exact) mass is 333 g/mol. The number of unbranched alkanes of at least 4 members (excludes halogenated alkanes) is 2. The second-order valence-corrected chi connectivity index (χ2v) is 5.71. The maximum Gasteiger partial charge on any atom is 0.239 e. The zero-order valence-electron chi connectivity index (χ0n) is 14.5. The fraction of sp³-hybridized carbons (Fsp3) is 0.500. The molecule has 0 spiro atoms. The molecule has 0 atom stereocenters. The molecular formula is C18H27N3O3. The van der Waals surface area contributed by atoms with E-state index in [2.05, 4.69) is 22.9 Å². The van der Waals surface area contributed by atoms with Gasteiger partial charge in [-0.3, -0.25) is 14.4 Å². The van der Waals surface area contributed by atoms with Gasteiger partial charge in [-0.1, -0.05) is 31.9 Å². The summed E-state index contributed by atoms with van der Waals surface area (Å²) in [5.41, 5.74) is 1.73. The van der Waals surface area contributed by atoms with E-state index in [0.717, 1.165) is 30.5 Å². The van der Waals surface area contributed by atoms with Crippen LogP contribution in [0.4, 0.5) is 5.69 Å². The van der Waals surface area contributed by atoms with Crippen molar-refractivity contribution in [3.63, 3.8) is 0 Å². The summed E-state index contributed by atoms with van der Waals surface area (Å²) in [6.45, 7) is 4.24. The lowest BCUT2D eigenvalue weighted by molar-refractivity contribution is -0.126. The topological polar surface area (TPSA) is 87.3 Å². The molecule has 0 aliphatic heterocycles. The van der Waals surface area contributed by atoms with Gasteiger partial charge in [0.05, 0.1) is 6.54 Å². The summed E-state index contributed by atoms with van der Waals surface area (Å²) in [6.07, 6.45) is 4.07. The third-order valence-corrected chi connectivity index (χ3v) is 3.46. The molecule has 0 aliphatic carbocycles. The Labute approximate surface area is 143 Å². The standard InChI is InChI=1S/C18H27N3O3/c1-3-4-5-12-19-18(24)13-20-17(23)11-8-15-6-9-16(10-7-15)21-14(2)22/h6-7,9-10H,3-5,8,11-13H2,1-2H3,(H,19,24)(H,20,23)(H,21,22). The number of benzene rings is 1. The van der Waals surface area contributed by atoms with Crippen LogP contribution >= 0.6 is 0 Å². The number of aryl methyl sites for hydroxylation is 1. The van der Waals surface area contributed by atoms with Crippen LogP contribution in [-0.4, -0.2) is 30.8 Å². The first-order valence-corrected chi connectivity index (χ1v) is 8.41. The summed E-state index contributed by atoms with van der Waals surface area (Å²) in [7, 11) is 0. The Kier molecular flexibility index (Phi) is 9.19. The van der Waals surface area contributed by atoms with Crippen LogP contribution in [0.1, 0.15) is 45.1 Å². The normalized spacial score (nSPS) is 10.1. The highest BCUT2D eigenvalue weighted by atomic mass is 16.2. The number of carbonyl (C=O) groups excluding carboxylic acids is 3. The summed E-state index contributed by atoms with van der Waals surface area (Å²) in [5.74, 6) is -0.418. The van der Waals surface area contributed by atoms with E-state index in [4.69, 9.17) is 0 Å². The Morgan fingerprint density at radius 3 is 2.29 bits per heavy atom. The van der Waals surface area contributed by atoms with Gasteiger partial charge in [0.1, 0.15) is 0 Å². The van der Waals surface area contributed by atoms with Crippen LogP contribution in [0.5, 0.6) is 0 Å². The van der Waals surface area contributed by atoms with Gasteiger partial charge in [0.25, 0.3) is 0 Å². The number of nitrogens with one attached hydrogen (secondary N) is 3. The molecule has 0 unspecified atom stereocenters. The highest BCUT2D eigenvalue weighted by Gasteiger charge is 2.06. The first-order valence-electron chi connectivity index (χ1n) is 8.41. The van der Waals surface area contributed by atoms with Gasteiger partial charge in [0.15, 0.2) is 0 Å². The smallest absolute Gasteiger partial charge is 0.239 e. The summed E-state index contributed by atoms with van der Waals surface area (Å²) in [4.78, 5) is 34.3. The Bertz CT molecular complexity index is 541. The summed E-state index contributed by atoms with van der Waals surface area (Å²) in [6, 6.07) is 7.36. The lowest BCUT2D eigenvalue weighted by Crippen LogP contribution is -2.37. The molecule has 132 valence electrons. The number of rotatable bonds is 10. The van der Waals surface area contributed by atoms with Gasteiger partial charge in [-0.25, -0.2) is 0 Å². The van der Waals surface area contributed by atoms with E-state index in [1.54, 1.807) is 12.1 Å². The van der Waals surface area contributed by atoms with Crippen molar-refractivity contribution in [2.75, 3.05) is 18.4 Å². The number of hydrogen-bond acceptors (Lipinski definition) is 3. The zero-order valence-corrected chi connectivity index (χ0v) is 14.5. The summed E-state index contributed by atoms with van der Waals surface area (Å²) < 4.78 is 0. The van der Waals surface area contributed by atoms with Crippen LogP contribution in [-0.2, 0) is 20.8 Å². The zero-order chi connectivity index (χ0) is 17.8. The molecule has 1 aromatic rings. The van der Waals surface area contributed by atoms with Gasteiger partial charge >= 0.3 is 0 Å². The average Bonchev–Trinajstić information content (AvgIpc) is 2.56. The molecule has 0 aromatic heterocycles. The Morgan fingerprint density at radius 1 is 0.958 bits per heavy atom. The molecule has 0 radical (unpaired) electrons. The molecule has 24 heavy (non-hydrogen) atoms. The van der Waals surface area contributed by atoms with Crippen LogP contribution in [0.3, 0.4) is 0 Å². The van der Waals surface area contributed by atoms with E-state index >= 15 is 0 Å². The minimum Gasteiger partial charge on any atom is -0.355 e. The molecule has 6 nitrogen and oxygen atoms in total. The first kappa shape index (κ1) is 19.7. The van der Waals surface area contributed by atoms with Crippen LogP contribution in [0, 0.1) is 0 Å². The van der Waals surface area contributed by atoms with E-state index in [1.807, 2.05) is 12.1 Å². The Hall–Kier alpha value is -2.37. The maximum atomic E-state index is 11.8. The number of hydrogen-bond donors (Lipinski definition) is 3. The Morgan fingerprint density at radius 2 is 1.67 bits per heavy atom. The predicted octanol–water partition coefficient (Wildman–Crippen LogP) is 2.00.